The Labute approximate surface area is 116 Å². The SMILES string of the molecule is COC(=O)[C@@H]1CSCC[C@@H]1O[Si](C)(C)C(C)(C)C. The average Bonchev–Trinajstić information content (AvgIpc) is 2.26. The molecule has 1 rings (SSSR count). The smallest absolute Gasteiger partial charge is 0.312 e. The van der Waals surface area contributed by atoms with Gasteiger partial charge in [0, 0.05) is 5.75 Å². The summed E-state index contributed by atoms with van der Waals surface area (Å²) in [6, 6.07) is 0. The molecule has 0 N–H and O–H groups in total. The number of carbonyl (C=O) groups excluding carboxylic acids is 1. The molecule has 5 heteroatoms. The molecule has 0 saturated carbocycles. The molecule has 1 aliphatic rings. The summed E-state index contributed by atoms with van der Waals surface area (Å²) >= 11 is 1.82. The lowest BCUT2D eigenvalue weighted by Crippen LogP contribution is -2.48. The molecule has 18 heavy (non-hydrogen) atoms. The highest BCUT2D eigenvalue weighted by atomic mass is 32.2. The summed E-state index contributed by atoms with van der Waals surface area (Å²) in [6.45, 7) is 11.2. The van der Waals surface area contributed by atoms with Crippen molar-refractivity contribution in [1.29, 1.82) is 0 Å². The van der Waals surface area contributed by atoms with Crippen molar-refractivity contribution in [2.75, 3.05) is 18.6 Å². The minimum absolute atomic E-state index is 0.0413. The number of ether oxygens (including phenoxy) is 1. The van der Waals surface area contributed by atoms with Crippen LogP contribution in [0.3, 0.4) is 0 Å². The molecule has 0 aliphatic carbocycles. The van der Waals surface area contributed by atoms with Gasteiger partial charge in [0.1, 0.15) is 0 Å². The molecule has 0 unspecified atom stereocenters. The molecular weight excluding hydrogens is 264 g/mol. The number of methoxy groups -OCH3 is 1. The van der Waals surface area contributed by atoms with Crippen LogP contribution in [0.1, 0.15) is 27.2 Å². The molecule has 1 fully saturated rings. The molecule has 0 spiro atoms. The summed E-state index contributed by atoms with van der Waals surface area (Å²) < 4.78 is 11.3. The van der Waals surface area contributed by atoms with Crippen LogP contribution in [0.5, 0.6) is 0 Å². The molecule has 0 bridgehead atoms. The lowest BCUT2D eigenvalue weighted by molar-refractivity contribution is -0.148. The first-order valence-corrected chi connectivity index (χ1v) is 10.6. The minimum Gasteiger partial charge on any atom is -0.469 e. The number of thioether (sulfide) groups is 1. The first-order valence-electron chi connectivity index (χ1n) is 6.52. The number of rotatable bonds is 3. The Bertz CT molecular complexity index is 299. The molecule has 1 aliphatic heterocycles. The van der Waals surface area contributed by atoms with Crippen molar-refractivity contribution in [2.24, 2.45) is 5.92 Å². The van der Waals surface area contributed by atoms with Crippen molar-refractivity contribution in [2.45, 2.75) is 51.4 Å². The Morgan fingerprint density at radius 3 is 2.44 bits per heavy atom. The summed E-state index contributed by atoms with van der Waals surface area (Å²) in [5.41, 5.74) is 0. The zero-order chi connectivity index (χ0) is 14.0. The molecule has 0 aromatic carbocycles. The number of carbonyl (C=O) groups is 1. The lowest BCUT2D eigenvalue weighted by atomic mass is 10.0. The summed E-state index contributed by atoms with van der Waals surface area (Å²) in [6.07, 6.45) is 0.997. The van der Waals surface area contributed by atoms with Gasteiger partial charge < -0.3 is 9.16 Å². The zero-order valence-corrected chi connectivity index (χ0v) is 14.2. The number of hydrogen-bond acceptors (Lipinski definition) is 4. The first kappa shape index (κ1) is 16.1. The minimum atomic E-state index is -1.81. The summed E-state index contributed by atoms with van der Waals surface area (Å²) in [7, 11) is -0.346. The van der Waals surface area contributed by atoms with Crippen LogP contribution < -0.4 is 0 Å². The van der Waals surface area contributed by atoms with E-state index in [0.717, 1.165) is 17.9 Å². The largest absolute Gasteiger partial charge is 0.469 e. The molecule has 1 saturated heterocycles. The number of esters is 1. The van der Waals surface area contributed by atoms with E-state index in [0.29, 0.717) is 0 Å². The highest BCUT2D eigenvalue weighted by Gasteiger charge is 2.43. The molecule has 3 nitrogen and oxygen atoms in total. The van der Waals surface area contributed by atoms with E-state index in [1.54, 1.807) is 0 Å². The van der Waals surface area contributed by atoms with Crippen LogP contribution in [-0.4, -0.2) is 39.0 Å². The molecule has 2 atom stereocenters. The molecule has 0 amide bonds. The fourth-order valence-corrected chi connectivity index (χ4v) is 4.35. The summed E-state index contributed by atoms with van der Waals surface area (Å²) in [5.74, 6) is 1.69. The van der Waals surface area contributed by atoms with Gasteiger partial charge in [-0.3, -0.25) is 4.79 Å². The standard InChI is InChI=1S/C13H26O3SSi/c1-13(2,3)18(5,6)16-11-7-8-17-9-10(11)12(14)15-4/h10-11H,7-9H2,1-6H3/t10-,11+/m1/s1. The van der Waals surface area contributed by atoms with E-state index in [1.807, 2.05) is 11.8 Å². The molecule has 106 valence electrons. The molecule has 0 aromatic rings. The van der Waals surface area contributed by atoms with Crippen molar-refractivity contribution in [3.05, 3.63) is 0 Å². The van der Waals surface area contributed by atoms with Gasteiger partial charge in [-0.1, -0.05) is 20.8 Å². The van der Waals surface area contributed by atoms with Crippen molar-refractivity contribution < 1.29 is 14.0 Å². The summed E-state index contributed by atoms with van der Waals surface area (Å²) in [5, 5.41) is 0.179. The van der Waals surface area contributed by atoms with E-state index in [4.69, 9.17) is 9.16 Å². The fraction of sp³-hybridized carbons (Fsp3) is 0.923. The Kier molecular flexibility index (Phi) is 5.32. The van der Waals surface area contributed by atoms with Crippen LogP contribution in [0.15, 0.2) is 0 Å². The second-order valence-corrected chi connectivity index (χ2v) is 12.3. The van der Waals surface area contributed by atoms with Crippen molar-refractivity contribution in [3.8, 4) is 0 Å². The second kappa shape index (κ2) is 5.97. The van der Waals surface area contributed by atoms with Gasteiger partial charge in [0.2, 0.25) is 0 Å². The van der Waals surface area contributed by atoms with Gasteiger partial charge in [-0.2, -0.15) is 11.8 Å². The maximum Gasteiger partial charge on any atom is 0.312 e. The fourth-order valence-electron chi connectivity index (χ4n) is 1.79. The third-order valence-electron chi connectivity index (χ3n) is 4.05. The third kappa shape index (κ3) is 3.74. The van der Waals surface area contributed by atoms with Crippen LogP contribution in [0, 0.1) is 5.92 Å². The predicted octanol–water partition coefficient (Wildman–Crippen LogP) is 3.30. The molecule has 0 radical (unpaired) electrons. The van der Waals surface area contributed by atoms with Gasteiger partial charge >= 0.3 is 5.97 Å². The molecule has 1 heterocycles. The summed E-state index contributed by atoms with van der Waals surface area (Å²) in [4.78, 5) is 11.8. The monoisotopic (exact) mass is 290 g/mol. The van der Waals surface area contributed by atoms with Crippen molar-refractivity contribution in [3.63, 3.8) is 0 Å². The van der Waals surface area contributed by atoms with Gasteiger partial charge in [-0.15, -0.1) is 0 Å². The van der Waals surface area contributed by atoms with Crippen LogP contribution in [0.25, 0.3) is 0 Å². The van der Waals surface area contributed by atoms with Gasteiger partial charge in [0.15, 0.2) is 8.32 Å². The maximum absolute atomic E-state index is 11.8. The average molecular weight is 291 g/mol. The van der Waals surface area contributed by atoms with E-state index in [1.165, 1.54) is 7.11 Å². The Balaban J connectivity index is 2.77. The highest BCUT2D eigenvalue weighted by Crippen LogP contribution is 2.40. The predicted molar refractivity (Wildman–Crippen MR) is 79.5 cm³/mol. The van der Waals surface area contributed by atoms with Gasteiger partial charge in [-0.25, -0.2) is 0 Å². The van der Waals surface area contributed by atoms with Crippen molar-refractivity contribution >= 4 is 26.0 Å². The second-order valence-electron chi connectivity index (χ2n) is 6.41. The zero-order valence-electron chi connectivity index (χ0n) is 12.4. The van der Waals surface area contributed by atoms with E-state index in [9.17, 15) is 4.79 Å². The van der Waals surface area contributed by atoms with Crippen LogP contribution >= 0.6 is 11.8 Å². The van der Waals surface area contributed by atoms with E-state index < -0.39 is 8.32 Å². The van der Waals surface area contributed by atoms with E-state index in [2.05, 4.69) is 33.9 Å². The Morgan fingerprint density at radius 2 is 1.94 bits per heavy atom. The van der Waals surface area contributed by atoms with Crippen LogP contribution in [-0.2, 0) is 14.0 Å². The highest BCUT2D eigenvalue weighted by molar-refractivity contribution is 7.99. The quantitative estimate of drug-likeness (QED) is 0.590. The van der Waals surface area contributed by atoms with Crippen LogP contribution in [0.4, 0.5) is 0 Å². The number of hydrogen-bond donors (Lipinski definition) is 0. The van der Waals surface area contributed by atoms with Gasteiger partial charge in [0.25, 0.3) is 0 Å². The topological polar surface area (TPSA) is 35.5 Å². The Hall–Kier alpha value is -0.00312. The van der Waals surface area contributed by atoms with E-state index >= 15 is 0 Å². The first-order chi connectivity index (χ1) is 8.19. The van der Waals surface area contributed by atoms with Gasteiger partial charge in [0.05, 0.1) is 19.1 Å². The van der Waals surface area contributed by atoms with Crippen molar-refractivity contribution in [1.82, 2.24) is 0 Å². The van der Waals surface area contributed by atoms with E-state index in [-0.39, 0.29) is 23.0 Å². The lowest BCUT2D eigenvalue weighted by Gasteiger charge is -2.42. The normalized spacial score (nSPS) is 25.9. The van der Waals surface area contributed by atoms with Crippen LogP contribution in [0.2, 0.25) is 18.1 Å². The molecular formula is C13H26O3SSi. The van der Waals surface area contributed by atoms with Gasteiger partial charge in [-0.05, 0) is 30.3 Å². The third-order valence-corrected chi connectivity index (χ3v) is 9.67. The molecule has 0 aromatic heterocycles. The Morgan fingerprint density at radius 1 is 1.33 bits per heavy atom. The maximum atomic E-state index is 11.8.